The van der Waals surface area contributed by atoms with Crippen LogP contribution >= 0.6 is 0 Å². The first-order chi connectivity index (χ1) is 26.2. The molecule has 55 heavy (non-hydrogen) atoms. The van der Waals surface area contributed by atoms with Gasteiger partial charge in [-0.2, -0.15) is 0 Å². The summed E-state index contributed by atoms with van der Waals surface area (Å²) in [6.07, 6.45) is 3.46. The molecule has 274 valence electrons. The summed E-state index contributed by atoms with van der Waals surface area (Å²) < 4.78 is 0. The monoisotopic (exact) mass is 716 g/mol. The predicted molar refractivity (Wildman–Crippen MR) is 236 cm³/mol. The van der Waals surface area contributed by atoms with Gasteiger partial charge in [-0.15, -0.1) is 0 Å². The van der Waals surface area contributed by atoms with Crippen molar-refractivity contribution < 1.29 is 0 Å². The molecule has 4 aliphatic rings. The molecule has 2 aliphatic heterocycles. The number of hydrogen-bond acceptors (Lipinski definition) is 2. The third-order valence-corrected chi connectivity index (χ3v) is 14.0. The molecule has 0 saturated heterocycles. The van der Waals surface area contributed by atoms with E-state index in [1.165, 1.54) is 84.5 Å². The maximum absolute atomic E-state index is 2.67. The lowest BCUT2D eigenvalue weighted by Gasteiger charge is -2.46. The second kappa shape index (κ2) is 11.5. The topological polar surface area (TPSA) is 6.48 Å². The van der Waals surface area contributed by atoms with Gasteiger partial charge in [0.1, 0.15) is 0 Å². The molecule has 0 bridgehead atoms. The minimum absolute atomic E-state index is 0.0924. The number of nitrogens with zero attached hydrogens (tertiary/aromatic N) is 2. The highest BCUT2D eigenvalue weighted by atomic mass is 15.2. The van der Waals surface area contributed by atoms with Crippen molar-refractivity contribution >= 4 is 57.2 Å². The molecule has 2 aliphatic carbocycles. The van der Waals surface area contributed by atoms with Gasteiger partial charge in [0.15, 0.2) is 0 Å². The Bertz CT molecular complexity index is 2500. The molecule has 2 heterocycles. The van der Waals surface area contributed by atoms with Crippen LogP contribution in [0.4, 0.5) is 34.1 Å². The molecule has 0 aromatic heterocycles. The predicted octanol–water partition coefficient (Wildman–Crippen LogP) is 11.6. The zero-order valence-electron chi connectivity index (χ0n) is 34.1. The molecule has 0 unspecified atom stereocenters. The summed E-state index contributed by atoms with van der Waals surface area (Å²) in [6, 6.07) is 46.8. The van der Waals surface area contributed by atoms with Gasteiger partial charge in [-0.25, -0.2) is 0 Å². The molecule has 0 radical (unpaired) electrons. The van der Waals surface area contributed by atoms with Gasteiger partial charge in [0.2, 0.25) is 6.71 Å². The highest BCUT2D eigenvalue weighted by molar-refractivity contribution is 6.99. The van der Waals surface area contributed by atoms with Crippen LogP contribution in [0.2, 0.25) is 0 Å². The average molecular weight is 717 g/mol. The number of anilines is 6. The van der Waals surface area contributed by atoms with Crippen LogP contribution < -0.4 is 26.2 Å². The van der Waals surface area contributed by atoms with Crippen LogP contribution in [0.1, 0.15) is 107 Å². The van der Waals surface area contributed by atoms with E-state index in [9.17, 15) is 0 Å². The largest absolute Gasteiger partial charge is 0.311 e. The Hall–Kier alpha value is -5.02. The molecule has 3 heteroatoms. The van der Waals surface area contributed by atoms with Gasteiger partial charge in [-0.05, 0) is 141 Å². The molecule has 10 rings (SSSR count). The van der Waals surface area contributed by atoms with Crippen molar-refractivity contribution in [1.29, 1.82) is 0 Å². The zero-order chi connectivity index (χ0) is 38.2. The molecule has 0 fully saturated rings. The fourth-order valence-corrected chi connectivity index (χ4v) is 11.5. The first-order valence-electron chi connectivity index (χ1n) is 20.5. The number of hydrogen-bond donors (Lipinski definition) is 0. The van der Waals surface area contributed by atoms with Crippen molar-refractivity contribution in [3.63, 3.8) is 0 Å². The Balaban J connectivity index is 1.33. The van der Waals surface area contributed by atoms with Gasteiger partial charge in [-0.3, -0.25) is 0 Å². The smallest absolute Gasteiger partial charge is 0.247 e. The van der Waals surface area contributed by atoms with E-state index in [2.05, 4.69) is 193 Å². The normalized spacial score (nSPS) is 18.6. The maximum Gasteiger partial charge on any atom is 0.247 e. The fourth-order valence-electron chi connectivity index (χ4n) is 11.5. The van der Waals surface area contributed by atoms with Crippen LogP contribution in [0, 0.1) is 6.92 Å². The van der Waals surface area contributed by atoms with E-state index in [1.54, 1.807) is 0 Å². The SMILES string of the molecule is Cc1ccc2c(c1)B1c3cc4c(cc3N(c3ccc5c(c3)C(C)(C)CC5(C)C)c3cc(N(c5ccccc5)c5ccccc5)cc(c31)C2(C)C)CCC4(C)C. The van der Waals surface area contributed by atoms with Gasteiger partial charge < -0.3 is 9.80 Å². The van der Waals surface area contributed by atoms with Crippen molar-refractivity contribution in [2.24, 2.45) is 0 Å². The summed E-state index contributed by atoms with van der Waals surface area (Å²) in [4.78, 5) is 5.13. The zero-order valence-corrected chi connectivity index (χ0v) is 34.1. The van der Waals surface area contributed by atoms with Crippen LogP contribution in [0.15, 0.2) is 121 Å². The molecule has 6 aromatic rings. The Kier molecular flexibility index (Phi) is 7.22. The number of benzene rings is 6. The number of rotatable bonds is 4. The summed E-state index contributed by atoms with van der Waals surface area (Å²) in [6.45, 7) is 22.0. The Morgan fingerprint density at radius 2 is 1.18 bits per heavy atom. The van der Waals surface area contributed by atoms with E-state index in [-0.39, 0.29) is 28.4 Å². The molecule has 0 N–H and O–H groups in total. The summed E-state index contributed by atoms with van der Waals surface area (Å²) in [5.41, 5.74) is 22.1. The summed E-state index contributed by atoms with van der Waals surface area (Å²) in [7, 11) is 0. The number of para-hydroxylation sites is 2. The van der Waals surface area contributed by atoms with Crippen molar-refractivity contribution in [2.45, 2.75) is 103 Å². The third-order valence-electron chi connectivity index (χ3n) is 14.0. The van der Waals surface area contributed by atoms with Gasteiger partial charge in [0.05, 0.1) is 0 Å². The first kappa shape index (κ1) is 34.5. The minimum Gasteiger partial charge on any atom is -0.311 e. The van der Waals surface area contributed by atoms with E-state index in [4.69, 9.17) is 0 Å². The van der Waals surface area contributed by atoms with Crippen LogP contribution in [0.5, 0.6) is 0 Å². The van der Waals surface area contributed by atoms with Crippen molar-refractivity contribution in [2.75, 3.05) is 9.80 Å². The van der Waals surface area contributed by atoms with E-state index in [1.807, 2.05) is 0 Å². The summed E-state index contributed by atoms with van der Waals surface area (Å²) in [5, 5.41) is 0. The summed E-state index contributed by atoms with van der Waals surface area (Å²) in [5.74, 6) is 0. The highest BCUT2D eigenvalue weighted by Crippen LogP contribution is 2.53. The lowest BCUT2D eigenvalue weighted by atomic mass is 9.30. The van der Waals surface area contributed by atoms with Gasteiger partial charge >= 0.3 is 0 Å². The Labute approximate surface area is 329 Å². The highest BCUT2D eigenvalue weighted by Gasteiger charge is 2.48. The maximum atomic E-state index is 2.67. The average Bonchev–Trinajstić information content (AvgIpc) is 3.55. The van der Waals surface area contributed by atoms with E-state index >= 15 is 0 Å². The van der Waals surface area contributed by atoms with Crippen LogP contribution in [-0.2, 0) is 28.1 Å². The molecular weight excluding hydrogens is 663 g/mol. The number of aryl methyl sites for hydroxylation is 2. The number of fused-ring (bicyclic) bond motifs is 6. The standard InChI is InChI=1S/C52H53BN2/c1-33-20-22-40-44(26-33)53-45-31-41-34(24-25-49(41,2)3)27-46(45)55(37-21-23-39-42(28-37)51(6,7)32-50(39,4)5)47-30-38(29-43(48(47)53)52(40,8)9)54(35-16-12-10-13-17-35)36-18-14-11-15-19-36/h10-23,26-31H,24-25,32H2,1-9H3. The van der Waals surface area contributed by atoms with Crippen molar-refractivity contribution in [1.82, 2.24) is 0 Å². The van der Waals surface area contributed by atoms with E-state index in [0.717, 1.165) is 24.2 Å². The van der Waals surface area contributed by atoms with E-state index in [0.29, 0.717) is 0 Å². The second-order valence-electron chi connectivity index (χ2n) is 19.5. The van der Waals surface area contributed by atoms with Crippen LogP contribution in [-0.4, -0.2) is 6.71 Å². The summed E-state index contributed by atoms with van der Waals surface area (Å²) >= 11 is 0. The molecule has 0 amide bonds. The van der Waals surface area contributed by atoms with Gasteiger partial charge in [0, 0.05) is 39.5 Å². The first-order valence-corrected chi connectivity index (χ1v) is 20.5. The fraction of sp³-hybridized carbons (Fsp3) is 0.308. The van der Waals surface area contributed by atoms with Crippen molar-refractivity contribution in [3.8, 4) is 0 Å². The van der Waals surface area contributed by atoms with Gasteiger partial charge in [0.25, 0.3) is 0 Å². The quantitative estimate of drug-likeness (QED) is 0.167. The molecule has 6 aromatic carbocycles. The van der Waals surface area contributed by atoms with Crippen LogP contribution in [0.25, 0.3) is 0 Å². The minimum atomic E-state index is -0.220. The molecule has 0 spiro atoms. The Morgan fingerprint density at radius 1 is 0.527 bits per heavy atom. The molecular formula is C52H53BN2. The molecule has 0 saturated carbocycles. The van der Waals surface area contributed by atoms with Crippen LogP contribution in [0.3, 0.4) is 0 Å². The molecule has 2 nitrogen and oxygen atoms in total. The lowest BCUT2D eigenvalue weighted by molar-refractivity contribution is 0.403. The third kappa shape index (κ3) is 5.01. The lowest BCUT2D eigenvalue weighted by Crippen LogP contribution is -2.64. The molecule has 0 atom stereocenters. The second-order valence-corrected chi connectivity index (χ2v) is 19.5. The van der Waals surface area contributed by atoms with Gasteiger partial charge in [-0.1, -0.05) is 133 Å². The van der Waals surface area contributed by atoms with E-state index < -0.39 is 0 Å². The van der Waals surface area contributed by atoms with Crippen molar-refractivity contribution in [3.05, 3.63) is 160 Å². The Morgan fingerprint density at radius 3 is 1.87 bits per heavy atom.